The Bertz CT molecular complexity index is 793. The van der Waals surface area contributed by atoms with Crippen LogP contribution in [0.4, 0.5) is 13.2 Å². The molecule has 0 radical (unpaired) electrons. The molecule has 0 amide bonds. The highest BCUT2D eigenvalue weighted by atomic mass is 19.4. The maximum absolute atomic E-state index is 13.0. The Morgan fingerprint density at radius 2 is 1.86 bits per heavy atom. The number of aromatic amines is 1. The molecule has 0 saturated heterocycles. The molecule has 3 aromatic rings. The fraction of sp³-hybridized carbons (Fsp3) is 0.133. The second kappa shape index (κ2) is 4.80. The maximum Gasteiger partial charge on any atom is 0.417 e. The van der Waals surface area contributed by atoms with Gasteiger partial charge in [-0.15, -0.1) is 0 Å². The highest BCUT2D eigenvalue weighted by Crippen LogP contribution is 2.36. The van der Waals surface area contributed by atoms with Gasteiger partial charge >= 0.3 is 6.18 Å². The van der Waals surface area contributed by atoms with Crippen LogP contribution in [0.25, 0.3) is 22.4 Å². The van der Waals surface area contributed by atoms with E-state index >= 15 is 0 Å². The molecule has 0 fully saturated rings. The molecule has 0 aliphatic carbocycles. The van der Waals surface area contributed by atoms with Crippen molar-refractivity contribution in [3.05, 3.63) is 48.0 Å². The molecule has 1 N–H and O–H groups in total. The van der Waals surface area contributed by atoms with E-state index in [0.717, 1.165) is 6.07 Å². The van der Waals surface area contributed by atoms with Crippen LogP contribution < -0.4 is 4.74 Å². The quantitative estimate of drug-likeness (QED) is 0.766. The summed E-state index contributed by atoms with van der Waals surface area (Å²) in [4.78, 5) is 7.13. The molecular weight excluding hydrogens is 281 g/mol. The minimum Gasteiger partial charge on any atom is -0.497 e. The van der Waals surface area contributed by atoms with Gasteiger partial charge in [-0.2, -0.15) is 13.2 Å². The number of hydrogen-bond acceptors (Lipinski definition) is 2. The number of benzene rings is 2. The lowest BCUT2D eigenvalue weighted by Crippen LogP contribution is -2.07. The first-order valence-electron chi connectivity index (χ1n) is 6.19. The van der Waals surface area contributed by atoms with E-state index in [1.165, 1.54) is 19.2 Å². The summed E-state index contributed by atoms with van der Waals surface area (Å²) < 4.78 is 44.2. The van der Waals surface area contributed by atoms with Crippen LogP contribution in [-0.4, -0.2) is 17.1 Å². The van der Waals surface area contributed by atoms with Gasteiger partial charge in [0, 0.05) is 11.6 Å². The lowest BCUT2D eigenvalue weighted by Gasteiger charge is -2.10. The van der Waals surface area contributed by atoms with E-state index in [1.807, 2.05) is 0 Å². The zero-order chi connectivity index (χ0) is 15.0. The largest absolute Gasteiger partial charge is 0.497 e. The van der Waals surface area contributed by atoms with Crippen LogP contribution in [0.2, 0.25) is 0 Å². The second-order valence-electron chi connectivity index (χ2n) is 4.51. The Morgan fingerprint density at radius 1 is 1.10 bits per heavy atom. The first-order chi connectivity index (χ1) is 9.99. The van der Waals surface area contributed by atoms with E-state index in [-0.39, 0.29) is 11.4 Å². The van der Waals surface area contributed by atoms with E-state index < -0.39 is 11.7 Å². The van der Waals surface area contributed by atoms with Crippen molar-refractivity contribution in [2.24, 2.45) is 0 Å². The lowest BCUT2D eigenvalue weighted by molar-refractivity contribution is -0.137. The molecule has 2 aromatic carbocycles. The number of H-pyrrole nitrogens is 1. The third-order valence-electron chi connectivity index (χ3n) is 3.18. The molecule has 108 valence electrons. The summed E-state index contributed by atoms with van der Waals surface area (Å²) in [7, 11) is 1.53. The van der Waals surface area contributed by atoms with Gasteiger partial charge in [-0.1, -0.05) is 18.2 Å². The Kier molecular flexibility index (Phi) is 3.08. The predicted molar refractivity (Wildman–Crippen MR) is 73.1 cm³/mol. The fourth-order valence-electron chi connectivity index (χ4n) is 2.18. The van der Waals surface area contributed by atoms with Crippen molar-refractivity contribution >= 4 is 11.0 Å². The topological polar surface area (TPSA) is 37.9 Å². The summed E-state index contributed by atoms with van der Waals surface area (Å²) in [5.41, 5.74) is 0.528. The van der Waals surface area contributed by atoms with E-state index in [4.69, 9.17) is 4.74 Å². The van der Waals surface area contributed by atoms with E-state index in [1.54, 1.807) is 24.3 Å². The molecular formula is C15H11F3N2O. The number of nitrogens with one attached hydrogen (secondary N) is 1. The molecule has 21 heavy (non-hydrogen) atoms. The highest BCUT2D eigenvalue weighted by molar-refractivity contribution is 5.81. The Morgan fingerprint density at radius 3 is 2.57 bits per heavy atom. The number of nitrogens with zero attached hydrogens (tertiary/aromatic N) is 1. The number of rotatable bonds is 2. The number of hydrogen-bond donors (Lipinski definition) is 1. The summed E-state index contributed by atoms with van der Waals surface area (Å²) in [5, 5.41) is 0. The van der Waals surface area contributed by atoms with Crippen LogP contribution >= 0.6 is 0 Å². The average Bonchev–Trinajstić information content (AvgIpc) is 2.89. The predicted octanol–water partition coefficient (Wildman–Crippen LogP) is 4.26. The summed E-state index contributed by atoms with van der Waals surface area (Å²) in [6, 6.07) is 10.5. The molecule has 0 aliphatic rings. The molecule has 3 rings (SSSR count). The third kappa shape index (κ3) is 2.44. The summed E-state index contributed by atoms with van der Waals surface area (Å²) in [6.45, 7) is 0. The molecule has 0 spiro atoms. The van der Waals surface area contributed by atoms with Crippen molar-refractivity contribution in [1.29, 1.82) is 0 Å². The molecule has 6 heteroatoms. The first-order valence-corrected chi connectivity index (χ1v) is 6.19. The van der Waals surface area contributed by atoms with Gasteiger partial charge in [0.1, 0.15) is 11.6 Å². The Labute approximate surface area is 118 Å². The van der Waals surface area contributed by atoms with E-state index in [0.29, 0.717) is 16.8 Å². The number of methoxy groups -OCH3 is 1. The minimum atomic E-state index is -4.42. The average molecular weight is 292 g/mol. The Balaban J connectivity index is 2.17. The van der Waals surface area contributed by atoms with Crippen molar-refractivity contribution in [3.8, 4) is 17.1 Å². The normalized spacial score (nSPS) is 11.8. The number of halogens is 3. The van der Waals surface area contributed by atoms with Gasteiger partial charge in [-0.3, -0.25) is 0 Å². The molecule has 1 aromatic heterocycles. The van der Waals surface area contributed by atoms with Crippen LogP contribution in [-0.2, 0) is 6.18 Å². The van der Waals surface area contributed by atoms with E-state index in [9.17, 15) is 13.2 Å². The molecule has 0 aliphatic heterocycles. The second-order valence-corrected chi connectivity index (χ2v) is 4.51. The van der Waals surface area contributed by atoms with Crippen LogP contribution in [0.5, 0.6) is 5.75 Å². The van der Waals surface area contributed by atoms with Gasteiger partial charge in [0.05, 0.1) is 23.7 Å². The molecule has 3 nitrogen and oxygen atoms in total. The molecule has 0 unspecified atom stereocenters. The zero-order valence-corrected chi connectivity index (χ0v) is 11.0. The number of alkyl halides is 3. The van der Waals surface area contributed by atoms with Crippen molar-refractivity contribution in [1.82, 2.24) is 9.97 Å². The van der Waals surface area contributed by atoms with Crippen molar-refractivity contribution in [2.45, 2.75) is 6.18 Å². The van der Waals surface area contributed by atoms with Crippen molar-refractivity contribution in [2.75, 3.05) is 7.11 Å². The minimum absolute atomic E-state index is 0.0279. The Hall–Kier alpha value is -2.50. The van der Waals surface area contributed by atoms with Crippen LogP contribution in [0.3, 0.4) is 0 Å². The summed E-state index contributed by atoms with van der Waals surface area (Å²) in [5.74, 6) is 0.799. The van der Waals surface area contributed by atoms with Crippen LogP contribution in [0.15, 0.2) is 42.5 Å². The SMILES string of the molecule is COc1ccc2nc(-c3ccccc3C(F)(F)F)[nH]c2c1. The molecule has 0 saturated carbocycles. The van der Waals surface area contributed by atoms with Gasteiger partial charge in [0.2, 0.25) is 0 Å². The van der Waals surface area contributed by atoms with Gasteiger partial charge in [-0.05, 0) is 18.2 Å². The number of imidazole rings is 1. The van der Waals surface area contributed by atoms with Crippen molar-refractivity contribution < 1.29 is 17.9 Å². The number of fused-ring (bicyclic) bond motifs is 1. The van der Waals surface area contributed by atoms with Gasteiger partial charge in [-0.25, -0.2) is 4.98 Å². The van der Waals surface area contributed by atoms with Gasteiger partial charge < -0.3 is 9.72 Å². The number of ether oxygens (including phenoxy) is 1. The molecule has 0 atom stereocenters. The maximum atomic E-state index is 13.0. The smallest absolute Gasteiger partial charge is 0.417 e. The fourth-order valence-corrected chi connectivity index (χ4v) is 2.18. The highest BCUT2D eigenvalue weighted by Gasteiger charge is 2.34. The standard InChI is InChI=1S/C15H11F3N2O/c1-21-9-6-7-12-13(8-9)20-14(19-12)10-4-2-3-5-11(10)15(16,17)18/h2-8H,1H3,(H,19,20). The summed E-state index contributed by atoms with van der Waals surface area (Å²) >= 11 is 0. The first kappa shape index (κ1) is 13.5. The van der Waals surface area contributed by atoms with Crippen molar-refractivity contribution in [3.63, 3.8) is 0 Å². The zero-order valence-electron chi connectivity index (χ0n) is 11.0. The molecule has 1 heterocycles. The van der Waals surface area contributed by atoms with Crippen LogP contribution in [0, 0.1) is 0 Å². The monoisotopic (exact) mass is 292 g/mol. The van der Waals surface area contributed by atoms with E-state index in [2.05, 4.69) is 9.97 Å². The molecule has 0 bridgehead atoms. The van der Waals surface area contributed by atoms with Gasteiger partial charge in [0.25, 0.3) is 0 Å². The van der Waals surface area contributed by atoms with Gasteiger partial charge in [0.15, 0.2) is 0 Å². The number of aromatic nitrogens is 2. The lowest BCUT2D eigenvalue weighted by atomic mass is 10.1. The third-order valence-corrected chi connectivity index (χ3v) is 3.18. The van der Waals surface area contributed by atoms with Crippen LogP contribution in [0.1, 0.15) is 5.56 Å². The summed E-state index contributed by atoms with van der Waals surface area (Å²) in [6.07, 6.45) is -4.42.